The molecule has 1 aliphatic heterocycles. The Labute approximate surface area is 138 Å². The summed E-state index contributed by atoms with van der Waals surface area (Å²) in [5.41, 5.74) is 2.16. The van der Waals surface area contributed by atoms with E-state index < -0.39 is 0 Å². The van der Waals surface area contributed by atoms with E-state index in [0.29, 0.717) is 6.54 Å². The van der Waals surface area contributed by atoms with E-state index in [9.17, 15) is 0 Å². The fraction of sp³-hybridized carbons (Fsp3) is 0.0588. The maximum atomic E-state index is 4.69. The van der Waals surface area contributed by atoms with Crippen molar-refractivity contribution in [1.82, 2.24) is 15.3 Å². The van der Waals surface area contributed by atoms with Crippen LogP contribution in [-0.4, -0.2) is 15.9 Å². The number of benzene rings is 1. The smallest absolute Gasteiger partial charge is 0.205 e. The summed E-state index contributed by atoms with van der Waals surface area (Å²) in [6.45, 7) is 2.66. The minimum absolute atomic E-state index is 0.685. The number of nitrogens with zero attached hydrogens (tertiary/aromatic N) is 4. The van der Waals surface area contributed by atoms with Crippen molar-refractivity contribution in [2.24, 2.45) is 4.99 Å². The van der Waals surface area contributed by atoms with E-state index >= 15 is 0 Å². The van der Waals surface area contributed by atoms with Crippen molar-refractivity contribution in [2.45, 2.75) is 6.54 Å². The Kier molecular flexibility index (Phi) is 3.73. The molecule has 1 aliphatic rings. The second kappa shape index (κ2) is 6.18. The summed E-state index contributed by atoms with van der Waals surface area (Å²) in [7, 11) is 0. The predicted molar refractivity (Wildman–Crippen MR) is 94.1 cm³/mol. The molecule has 23 heavy (non-hydrogen) atoms. The highest BCUT2D eigenvalue weighted by atomic mass is 32.1. The van der Waals surface area contributed by atoms with Gasteiger partial charge in [0.05, 0.1) is 16.8 Å². The third kappa shape index (κ3) is 2.93. The Morgan fingerprint density at radius 1 is 1.09 bits per heavy atom. The number of anilines is 1. The molecule has 113 valence electrons. The summed E-state index contributed by atoms with van der Waals surface area (Å²) in [6, 6.07) is 12.1. The van der Waals surface area contributed by atoms with E-state index in [1.54, 1.807) is 29.9 Å². The van der Waals surface area contributed by atoms with E-state index in [1.165, 1.54) is 4.70 Å². The van der Waals surface area contributed by atoms with Crippen LogP contribution in [0.15, 0.2) is 66.1 Å². The second-order valence-electron chi connectivity index (χ2n) is 4.99. The molecule has 2 aromatic heterocycles. The van der Waals surface area contributed by atoms with E-state index in [4.69, 9.17) is 4.98 Å². The Balaban J connectivity index is 1.57. The second-order valence-corrected chi connectivity index (χ2v) is 6.00. The molecular weight excluding hydrogens is 306 g/mol. The van der Waals surface area contributed by atoms with Crippen LogP contribution in [-0.2, 0) is 6.54 Å². The van der Waals surface area contributed by atoms with Gasteiger partial charge in [-0.3, -0.25) is 9.88 Å². The fourth-order valence-electron chi connectivity index (χ4n) is 2.30. The molecule has 5 nitrogen and oxygen atoms in total. The monoisotopic (exact) mass is 320 g/mol. The van der Waals surface area contributed by atoms with Gasteiger partial charge in [-0.2, -0.15) is 0 Å². The first-order valence-electron chi connectivity index (χ1n) is 7.25. The Hall–Kier alpha value is -2.73. The van der Waals surface area contributed by atoms with Crippen LogP contribution in [0.3, 0.4) is 0 Å². The minimum Gasteiger partial charge on any atom is -0.351 e. The van der Waals surface area contributed by atoms with Crippen LogP contribution in [0.2, 0.25) is 0 Å². The number of para-hydroxylation sites is 1. The zero-order valence-corrected chi connectivity index (χ0v) is 13.1. The lowest BCUT2D eigenvalue weighted by Crippen LogP contribution is -2.40. The van der Waals surface area contributed by atoms with Crippen molar-refractivity contribution in [2.75, 3.05) is 4.90 Å². The molecule has 0 unspecified atom stereocenters. The van der Waals surface area contributed by atoms with Gasteiger partial charge in [-0.25, -0.2) is 9.98 Å². The molecule has 4 rings (SSSR count). The van der Waals surface area contributed by atoms with Crippen molar-refractivity contribution < 1.29 is 0 Å². The lowest BCUT2D eigenvalue weighted by Gasteiger charge is -2.24. The average Bonchev–Trinajstić information content (AvgIpc) is 3.05. The Bertz CT molecular complexity index is 836. The molecule has 0 bridgehead atoms. The SMILES string of the molecule is [CH]1C=CN=C(NCc2ccncc2)N1c1nc2ccccc2s1. The van der Waals surface area contributed by atoms with Gasteiger partial charge in [-0.05, 0) is 35.9 Å². The third-order valence-electron chi connectivity index (χ3n) is 3.43. The number of hydrogen-bond donors (Lipinski definition) is 1. The van der Waals surface area contributed by atoms with Crippen LogP contribution < -0.4 is 10.2 Å². The molecule has 1 radical (unpaired) electrons. The van der Waals surface area contributed by atoms with Gasteiger partial charge in [-0.15, -0.1) is 0 Å². The van der Waals surface area contributed by atoms with Gasteiger partial charge in [-0.1, -0.05) is 23.5 Å². The molecule has 0 saturated carbocycles. The van der Waals surface area contributed by atoms with Gasteiger partial charge in [0, 0.05) is 25.1 Å². The number of rotatable bonds is 3. The predicted octanol–water partition coefficient (Wildman–Crippen LogP) is 3.33. The number of aliphatic imine (C=N–C) groups is 1. The average molecular weight is 320 g/mol. The quantitative estimate of drug-likeness (QED) is 0.804. The molecule has 0 saturated heterocycles. The maximum Gasteiger partial charge on any atom is 0.205 e. The summed E-state index contributed by atoms with van der Waals surface area (Å²) in [4.78, 5) is 15.1. The van der Waals surface area contributed by atoms with Crippen molar-refractivity contribution >= 4 is 32.6 Å². The Morgan fingerprint density at radius 2 is 1.96 bits per heavy atom. The van der Waals surface area contributed by atoms with E-state index in [-0.39, 0.29) is 0 Å². The number of nitrogens with one attached hydrogen (secondary N) is 1. The van der Waals surface area contributed by atoms with Crippen LogP contribution in [0.4, 0.5) is 5.13 Å². The minimum atomic E-state index is 0.685. The maximum absolute atomic E-state index is 4.69. The molecule has 0 fully saturated rings. The van der Waals surface area contributed by atoms with Gasteiger partial charge in [0.25, 0.3) is 0 Å². The summed E-state index contributed by atoms with van der Waals surface area (Å²) in [5.74, 6) is 0.767. The summed E-state index contributed by atoms with van der Waals surface area (Å²) in [5, 5.41) is 4.26. The van der Waals surface area contributed by atoms with Crippen LogP contribution in [0, 0.1) is 6.54 Å². The van der Waals surface area contributed by atoms with E-state index in [0.717, 1.165) is 22.2 Å². The molecule has 1 aromatic carbocycles. The molecule has 0 spiro atoms. The topological polar surface area (TPSA) is 53.4 Å². The van der Waals surface area contributed by atoms with E-state index in [1.807, 2.05) is 47.9 Å². The fourth-order valence-corrected chi connectivity index (χ4v) is 3.25. The Morgan fingerprint density at radius 3 is 2.83 bits per heavy atom. The largest absolute Gasteiger partial charge is 0.351 e. The standard InChI is InChI=1S/C17H14N5S/c1-2-5-15-14(4-1)21-17(23-15)22-11-3-8-19-16(22)20-12-13-6-9-18-10-7-13/h1-11H,12H2,(H,19,20). The number of aromatic nitrogens is 2. The third-order valence-corrected chi connectivity index (χ3v) is 4.47. The summed E-state index contributed by atoms with van der Waals surface area (Å²) >= 11 is 1.65. The molecule has 0 amide bonds. The normalized spacial score (nSPS) is 14.1. The van der Waals surface area contributed by atoms with Crippen LogP contribution in [0.5, 0.6) is 0 Å². The first-order chi connectivity index (χ1) is 11.4. The van der Waals surface area contributed by atoms with Gasteiger partial charge < -0.3 is 5.32 Å². The number of hydrogen-bond acceptors (Lipinski definition) is 6. The highest BCUT2D eigenvalue weighted by Crippen LogP contribution is 2.30. The van der Waals surface area contributed by atoms with Crippen LogP contribution in [0.1, 0.15) is 5.56 Å². The first kappa shape index (κ1) is 13.9. The van der Waals surface area contributed by atoms with Gasteiger partial charge in [0.1, 0.15) is 0 Å². The molecule has 3 aromatic rings. The number of fused-ring (bicyclic) bond motifs is 1. The van der Waals surface area contributed by atoms with Gasteiger partial charge in [0.15, 0.2) is 5.13 Å². The van der Waals surface area contributed by atoms with Crippen molar-refractivity contribution in [1.29, 1.82) is 0 Å². The van der Waals surface area contributed by atoms with Gasteiger partial charge >= 0.3 is 0 Å². The molecule has 3 heterocycles. The van der Waals surface area contributed by atoms with E-state index in [2.05, 4.69) is 21.4 Å². The van der Waals surface area contributed by atoms with Crippen LogP contribution >= 0.6 is 11.3 Å². The lowest BCUT2D eigenvalue weighted by molar-refractivity contribution is 0.882. The molecule has 1 N–H and O–H groups in total. The number of pyridine rings is 1. The van der Waals surface area contributed by atoms with Crippen molar-refractivity contribution in [3.63, 3.8) is 0 Å². The lowest BCUT2D eigenvalue weighted by atomic mass is 10.3. The van der Waals surface area contributed by atoms with Crippen molar-refractivity contribution in [3.8, 4) is 0 Å². The molecule has 6 heteroatoms. The number of guanidine groups is 1. The molecule has 0 atom stereocenters. The van der Waals surface area contributed by atoms with Gasteiger partial charge in [0.2, 0.25) is 5.96 Å². The first-order valence-corrected chi connectivity index (χ1v) is 8.07. The van der Waals surface area contributed by atoms with Crippen molar-refractivity contribution in [3.05, 3.63) is 73.2 Å². The zero-order valence-electron chi connectivity index (χ0n) is 12.3. The van der Waals surface area contributed by atoms with Crippen LogP contribution in [0.25, 0.3) is 10.2 Å². The number of thiazole rings is 1. The summed E-state index contributed by atoms with van der Waals surface area (Å²) in [6.07, 6.45) is 7.26. The zero-order chi connectivity index (χ0) is 15.5. The molecule has 0 aliphatic carbocycles. The summed E-state index contributed by atoms with van der Waals surface area (Å²) < 4.78 is 1.17. The molecular formula is C17H14N5S. The highest BCUT2D eigenvalue weighted by molar-refractivity contribution is 7.22. The highest BCUT2D eigenvalue weighted by Gasteiger charge is 2.18.